The molecule has 5 nitrogen and oxygen atoms in total. The molecule has 0 heterocycles. The summed E-state index contributed by atoms with van der Waals surface area (Å²) >= 11 is 0. The summed E-state index contributed by atoms with van der Waals surface area (Å²) < 4.78 is 4.56. The first-order valence-electron chi connectivity index (χ1n) is 4.32. The van der Waals surface area contributed by atoms with E-state index in [2.05, 4.69) is 4.74 Å². The van der Waals surface area contributed by atoms with E-state index in [4.69, 9.17) is 0 Å². The summed E-state index contributed by atoms with van der Waals surface area (Å²) in [7, 11) is 0. The standard InChI is InChI=1S/C9H15NO4/c1-5-14-8(11)7(10(12)13)6-9(2,3)4/h6H,5H2,1-4H3. The van der Waals surface area contributed by atoms with Gasteiger partial charge in [0.15, 0.2) is 0 Å². The van der Waals surface area contributed by atoms with Crippen molar-refractivity contribution in [3.05, 3.63) is 21.9 Å². The lowest BCUT2D eigenvalue weighted by molar-refractivity contribution is -0.422. The highest BCUT2D eigenvalue weighted by Gasteiger charge is 2.26. The van der Waals surface area contributed by atoms with Gasteiger partial charge in [-0.25, -0.2) is 4.79 Å². The van der Waals surface area contributed by atoms with Crippen LogP contribution >= 0.6 is 0 Å². The Hall–Kier alpha value is -1.39. The summed E-state index contributed by atoms with van der Waals surface area (Å²) in [5.41, 5.74) is -0.922. The predicted octanol–water partition coefficient (Wildman–Crippen LogP) is 1.76. The van der Waals surface area contributed by atoms with Gasteiger partial charge in [-0.3, -0.25) is 10.1 Å². The fourth-order valence-corrected chi connectivity index (χ4v) is 0.801. The topological polar surface area (TPSA) is 69.4 Å². The highest BCUT2D eigenvalue weighted by atomic mass is 16.6. The molecule has 0 aromatic carbocycles. The molecule has 0 aliphatic rings. The minimum absolute atomic E-state index is 0.133. The van der Waals surface area contributed by atoms with Crippen LogP contribution in [0.15, 0.2) is 11.8 Å². The lowest BCUT2D eigenvalue weighted by atomic mass is 9.95. The van der Waals surface area contributed by atoms with Crippen molar-refractivity contribution in [1.29, 1.82) is 0 Å². The van der Waals surface area contributed by atoms with Crippen molar-refractivity contribution in [2.45, 2.75) is 27.7 Å². The van der Waals surface area contributed by atoms with E-state index in [-0.39, 0.29) is 6.61 Å². The summed E-state index contributed by atoms with van der Waals surface area (Å²) in [5.74, 6) is -0.882. The molecule has 0 fully saturated rings. The molecule has 0 spiro atoms. The van der Waals surface area contributed by atoms with Gasteiger partial charge in [0.2, 0.25) is 0 Å². The normalized spacial score (nSPS) is 12.4. The number of nitro groups is 1. The number of rotatable bonds is 3. The first-order valence-corrected chi connectivity index (χ1v) is 4.32. The number of carbonyl (C=O) groups is 1. The third kappa shape index (κ3) is 4.59. The maximum Gasteiger partial charge on any atom is 0.409 e. The molecule has 0 saturated heterocycles. The summed E-state index contributed by atoms with van der Waals surface area (Å²) in [6.45, 7) is 7.06. The summed E-state index contributed by atoms with van der Waals surface area (Å²) in [6.07, 6.45) is 1.30. The Morgan fingerprint density at radius 3 is 2.29 bits per heavy atom. The number of hydrogen-bond acceptors (Lipinski definition) is 4. The molecule has 0 N–H and O–H groups in total. The average molecular weight is 201 g/mol. The Bertz CT molecular complexity index is 262. The molecule has 14 heavy (non-hydrogen) atoms. The largest absolute Gasteiger partial charge is 0.458 e. The van der Waals surface area contributed by atoms with E-state index in [9.17, 15) is 14.9 Å². The Balaban J connectivity index is 4.87. The van der Waals surface area contributed by atoms with Gasteiger partial charge < -0.3 is 4.74 Å². The molecule has 0 atom stereocenters. The first-order chi connectivity index (χ1) is 6.28. The van der Waals surface area contributed by atoms with Gasteiger partial charge in [-0.2, -0.15) is 0 Å². The Labute approximate surface area is 82.9 Å². The van der Waals surface area contributed by atoms with E-state index in [0.717, 1.165) is 0 Å². The van der Waals surface area contributed by atoms with Crippen LogP contribution in [0.2, 0.25) is 0 Å². The van der Waals surface area contributed by atoms with Crippen LogP contribution in [0.1, 0.15) is 27.7 Å². The number of carbonyl (C=O) groups excluding carboxylic acids is 1. The highest BCUT2D eigenvalue weighted by molar-refractivity contribution is 5.85. The predicted molar refractivity (Wildman–Crippen MR) is 51.2 cm³/mol. The highest BCUT2D eigenvalue weighted by Crippen LogP contribution is 2.18. The molecule has 0 radical (unpaired) electrons. The smallest absolute Gasteiger partial charge is 0.409 e. The second-order valence-electron chi connectivity index (χ2n) is 3.87. The van der Waals surface area contributed by atoms with Crippen molar-refractivity contribution < 1.29 is 14.5 Å². The van der Waals surface area contributed by atoms with Gasteiger partial charge >= 0.3 is 11.7 Å². The second-order valence-corrected chi connectivity index (χ2v) is 3.87. The van der Waals surface area contributed by atoms with E-state index in [1.807, 2.05) is 0 Å². The Morgan fingerprint density at radius 2 is 2.00 bits per heavy atom. The maximum absolute atomic E-state index is 11.1. The summed E-state index contributed by atoms with van der Waals surface area (Å²) in [5, 5.41) is 10.5. The number of nitrogens with zero attached hydrogens (tertiary/aromatic N) is 1. The fourth-order valence-electron chi connectivity index (χ4n) is 0.801. The van der Waals surface area contributed by atoms with Gasteiger partial charge in [0.25, 0.3) is 0 Å². The zero-order chi connectivity index (χ0) is 11.4. The van der Waals surface area contributed by atoms with Crippen LogP contribution in [0.25, 0.3) is 0 Å². The van der Waals surface area contributed by atoms with E-state index in [1.54, 1.807) is 27.7 Å². The summed E-state index contributed by atoms with van der Waals surface area (Å²) in [6, 6.07) is 0. The fraction of sp³-hybridized carbons (Fsp3) is 0.667. The van der Waals surface area contributed by atoms with Crippen LogP contribution in [0.4, 0.5) is 0 Å². The monoisotopic (exact) mass is 201 g/mol. The van der Waals surface area contributed by atoms with E-state index < -0.39 is 22.0 Å². The molecular weight excluding hydrogens is 186 g/mol. The van der Waals surface area contributed by atoms with Crippen LogP contribution in [0.3, 0.4) is 0 Å². The minimum Gasteiger partial charge on any atom is -0.458 e. The van der Waals surface area contributed by atoms with Crippen molar-refractivity contribution in [1.82, 2.24) is 0 Å². The first kappa shape index (κ1) is 12.6. The van der Waals surface area contributed by atoms with E-state index >= 15 is 0 Å². The van der Waals surface area contributed by atoms with Crippen molar-refractivity contribution in [3.8, 4) is 0 Å². The number of ether oxygens (including phenoxy) is 1. The lowest BCUT2D eigenvalue weighted by Gasteiger charge is -2.10. The lowest BCUT2D eigenvalue weighted by Crippen LogP contribution is -2.17. The van der Waals surface area contributed by atoms with Gasteiger partial charge in [0.05, 0.1) is 11.5 Å². The van der Waals surface area contributed by atoms with Gasteiger partial charge in [0.1, 0.15) is 0 Å². The zero-order valence-electron chi connectivity index (χ0n) is 8.86. The maximum atomic E-state index is 11.1. The molecule has 0 unspecified atom stereocenters. The SMILES string of the molecule is CCOC(=O)C(=CC(C)(C)C)[N+](=O)[O-]. The van der Waals surface area contributed by atoms with Crippen LogP contribution in [-0.2, 0) is 9.53 Å². The molecule has 5 heteroatoms. The van der Waals surface area contributed by atoms with E-state index in [0.29, 0.717) is 0 Å². The van der Waals surface area contributed by atoms with Crippen LogP contribution in [-0.4, -0.2) is 17.5 Å². The molecule has 80 valence electrons. The molecule has 0 amide bonds. The number of allylic oxidation sites excluding steroid dienone is 1. The average Bonchev–Trinajstić information content (AvgIpc) is 1.98. The number of hydrogen-bond donors (Lipinski definition) is 0. The Morgan fingerprint density at radius 1 is 1.50 bits per heavy atom. The van der Waals surface area contributed by atoms with Crippen molar-refractivity contribution >= 4 is 5.97 Å². The van der Waals surface area contributed by atoms with Gasteiger partial charge in [-0.15, -0.1) is 0 Å². The van der Waals surface area contributed by atoms with Crippen LogP contribution in [0.5, 0.6) is 0 Å². The Kier molecular flexibility index (Phi) is 4.27. The molecular formula is C9H15NO4. The van der Waals surface area contributed by atoms with E-state index in [1.165, 1.54) is 6.08 Å². The quantitative estimate of drug-likeness (QED) is 0.302. The van der Waals surface area contributed by atoms with Crippen molar-refractivity contribution in [3.63, 3.8) is 0 Å². The molecule has 0 aliphatic heterocycles. The van der Waals surface area contributed by atoms with Crippen molar-refractivity contribution in [2.24, 2.45) is 5.41 Å². The third-order valence-corrected chi connectivity index (χ3v) is 1.25. The third-order valence-electron chi connectivity index (χ3n) is 1.25. The van der Waals surface area contributed by atoms with Gasteiger partial charge in [-0.05, 0) is 12.3 Å². The molecule has 0 saturated carbocycles. The van der Waals surface area contributed by atoms with Crippen LogP contribution < -0.4 is 0 Å². The minimum atomic E-state index is -0.882. The van der Waals surface area contributed by atoms with Gasteiger partial charge in [0, 0.05) is 6.08 Å². The molecule has 0 aromatic rings. The van der Waals surface area contributed by atoms with Gasteiger partial charge in [-0.1, -0.05) is 20.8 Å². The van der Waals surface area contributed by atoms with Crippen molar-refractivity contribution in [2.75, 3.05) is 6.61 Å². The molecule has 0 bridgehead atoms. The molecule has 0 aliphatic carbocycles. The summed E-state index contributed by atoms with van der Waals surface area (Å²) in [4.78, 5) is 20.9. The van der Waals surface area contributed by atoms with Crippen LogP contribution in [0, 0.1) is 15.5 Å². The number of esters is 1. The molecule has 0 aromatic heterocycles. The molecule has 0 rings (SSSR count). The zero-order valence-corrected chi connectivity index (χ0v) is 8.86. The second kappa shape index (κ2) is 4.74.